The molecule has 0 amide bonds. The molecule has 0 aromatic heterocycles. The Hall–Kier alpha value is -1.14. The second-order valence-electron chi connectivity index (χ2n) is 2.57. The molecule has 1 rings (SSSR count). The second kappa shape index (κ2) is 4.78. The molecular weight excluding hydrogens is 182 g/mol. The van der Waals surface area contributed by atoms with Gasteiger partial charge in [0.25, 0.3) is 0 Å². The van der Waals surface area contributed by atoms with E-state index in [1.165, 1.54) is 0 Å². The lowest BCUT2D eigenvalue weighted by Gasteiger charge is -2.06. The summed E-state index contributed by atoms with van der Waals surface area (Å²) in [5.41, 5.74) is 1.76. The first-order valence-corrected chi connectivity index (χ1v) is 5.27. The second-order valence-corrected chi connectivity index (χ2v) is 3.44. The van der Waals surface area contributed by atoms with Crippen LogP contribution >= 0.6 is 11.8 Å². The van der Waals surface area contributed by atoms with Crippen molar-refractivity contribution in [1.29, 1.82) is 5.26 Å². The molecule has 0 aliphatic heterocycles. The molecule has 0 N–H and O–H groups in total. The third-order valence-corrected chi connectivity index (χ3v) is 2.31. The fraction of sp³-hybridized carbons (Fsp3) is 0.300. The van der Waals surface area contributed by atoms with Crippen molar-refractivity contribution in [3.05, 3.63) is 29.3 Å². The van der Waals surface area contributed by atoms with Gasteiger partial charge in [-0.1, -0.05) is 0 Å². The highest BCUT2D eigenvalue weighted by molar-refractivity contribution is 7.97. The van der Waals surface area contributed by atoms with Gasteiger partial charge in [-0.15, -0.1) is 0 Å². The van der Waals surface area contributed by atoms with Gasteiger partial charge >= 0.3 is 0 Å². The largest absolute Gasteiger partial charge is 0.496 e. The predicted molar refractivity (Wildman–Crippen MR) is 54.9 cm³/mol. The Morgan fingerprint density at radius 2 is 2.31 bits per heavy atom. The number of benzene rings is 1. The first-order chi connectivity index (χ1) is 6.31. The van der Waals surface area contributed by atoms with E-state index in [1.807, 2.05) is 18.4 Å². The normalized spacial score (nSPS) is 9.31. The molecule has 1 aromatic carbocycles. The molecule has 3 heteroatoms. The van der Waals surface area contributed by atoms with Crippen molar-refractivity contribution >= 4 is 11.8 Å². The molecule has 68 valence electrons. The summed E-state index contributed by atoms with van der Waals surface area (Å²) in [6.45, 7) is 0. The van der Waals surface area contributed by atoms with E-state index in [2.05, 4.69) is 6.07 Å². The number of rotatable bonds is 3. The van der Waals surface area contributed by atoms with E-state index in [9.17, 15) is 0 Å². The summed E-state index contributed by atoms with van der Waals surface area (Å²) in [6.07, 6.45) is 2.03. The Balaban J connectivity index is 3.04. The standard InChI is InChI=1S/C10H11NOS/c1-12-10-4-3-8(6-11)5-9(10)7-13-2/h3-5H,7H2,1-2H3. The van der Waals surface area contributed by atoms with Crippen LogP contribution in [0.3, 0.4) is 0 Å². The predicted octanol–water partition coefficient (Wildman–Crippen LogP) is 2.43. The van der Waals surface area contributed by atoms with E-state index in [1.54, 1.807) is 24.9 Å². The minimum Gasteiger partial charge on any atom is -0.496 e. The van der Waals surface area contributed by atoms with E-state index >= 15 is 0 Å². The average molecular weight is 193 g/mol. The molecule has 0 fully saturated rings. The summed E-state index contributed by atoms with van der Waals surface area (Å²) < 4.78 is 5.17. The van der Waals surface area contributed by atoms with Gasteiger partial charge in [-0.2, -0.15) is 17.0 Å². The zero-order valence-corrected chi connectivity index (χ0v) is 8.52. The number of methoxy groups -OCH3 is 1. The summed E-state index contributed by atoms with van der Waals surface area (Å²) in [4.78, 5) is 0. The maximum absolute atomic E-state index is 8.70. The van der Waals surface area contributed by atoms with Gasteiger partial charge in [0.2, 0.25) is 0 Å². The molecule has 0 unspecified atom stereocenters. The van der Waals surface area contributed by atoms with Crippen molar-refractivity contribution in [3.8, 4) is 11.8 Å². The van der Waals surface area contributed by atoms with Gasteiger partial charge in [-0.05, 0) is 24.5 Å². The molecule has 0 saturated carbocycles. The molecule has 0 aliphatic carbocycles. The molecule has 0 atom stereocenters. The SMILES string of the molecule is COc1ccc(C#N)cc1CSC. The van der Waals surface area contributed by atoms with Crippen molar-refractivity contribution in [1.82, 2.24) is 0 Å². The summed E-state index contributed by atoms with van der Waals surface area (Å²) in [6, 6.07) is 7.59. The molecule has 2 nitrogen and oxygen atoms in total. The number of hydrogen-bond acceptors (Lipinski definition) is 3. The fourth-order valence-corrected chi connectivity index (χ4v) is 1.65. The van der Waals surface area contributed by atoms with Gasteiger partial charge in [0.05, 0.1) is 18.7 Å². The minimum atomic E-state index is 0.685. The summed E-state index contributed by atoms with van der Waals surface area (Å²) in [5, 5.41) is 8.70. The molecule has 0 radical (unpaired) electrons. The fourth-order valence-electron chi connectivity index (χ4n) is 1.12. The van der Waals surface area contributed by atoms with Crippen molar-refractivity contribution < 1.29 is 4.74 Å². The Kier molecular flexibility index (Phi) is 3.66. The molecule has 1 aromatic rings. The molecule has 0 bridgehead atoms. The number of ether oxygens (including phenoxy) is 1. The lowest BCUT2D eigenvalue weighted by atomic mass is 10.1. The molecular formula is C10H11NOS. The van der Waals surface area contributed by atoms with E-state index in [0.717, 1.165) is 17.1 Å². The third kappa shape index (κ3) is 2.40. The zero-order valence-electron chi connectivity index (χ0n) is 7.70. The van der Waals surface area contributed by atoms with Crippen LogP contribution in [0.1, 0.15) is 11.1 Å². The Bertz CT molecular complexity index is 330. The zero-order chi connectivity index (χ0) is 9.68. The monoisotopic (exact) mass is 193 g/mol. The highest BCUT2D eigenvalue weighted by Crippen LogP contribution is 2.23. The van der Waals surface area contributed by atoms with Crippen LogP contribution in [0.2, 0.25) is 0 Å². The highest BCUT2D eigenvalue weighted by Gasteiger charge is 2.02. The van der Waals surface area contributed by atoms with Crippen molar-refractivity contribution in [3.63, 3.8) is 0 Å². The van der Waals surface area contributed by atoms with Gasteiger partial charge in [0.1, 0.15) is 5.75 Å². The molecule has 0 aliphatic rings. The van der Waals surface area contributed by atoms with E-state index in [0.29, 0.717) is 5.56 Å². The first kappa shape index (κ1) is 9.94. The van der Waals surface area contributed by atoms with Gasteiger partial charge in [0.15, 0.2) is 0 Å². The highest BCUT2D eigenvalue weighted by atomic mass is 32.2. The van der Waals surface area contributed by atoms with Crippen LogP contribution in [0.15, 0.2) is 18.2 Å². The smallest absolute Gasteiger partial charge is 0.122 e. The maximum Gasteiger partial charge on any atom is 0.122 e. The average Bonchev–Trinajstić information content (AvgIpc) is 2.18. The number of hydrogen-bond donors (Lipinski definition) is 0. The van der Waals surface area contributed by atoms with Crippen LogP contribution in [0.25, 0.3) is 0 Å². The van der Waals surface area contributed by atoms with Crippen molar-refractivity contribution in [2.24, 2.45) is 0 Å². The summed E-state index contributed by atoms with van der Waals surface area (Å²) in [5.74, 6) is 1.73. The van der Waals surface area contributed by atoms with Crippen LogP contribution in [-0.4, -0.2) is 13.4 Å². The van der Waals surface area contributed by atoms with Crippen LogP contribution in [0, 0.1) is 11.3 Å². The van der Waals surface area contributed by atoms with Gasteiger partial charge < -0.3 is 4.74 Å². The Labute approximate surface area is 82.5 Å². The van der Waals surface area contributed by atoms with E-state index in [4.69, 9.17) is 10.00 Å². The summed E-state index contributed by atoms with van der Waals surface area (Å²) >= 11 is 1.71. The number of nitriles is 1. The number of thioether (sulfide) groups is 1. The quantitative estimate of drug-likeness (QED) is 0.739. The molecule has 13 heavy (non-hydrogen) atoms. The van der Waals surface area contributed by atoms with Crippen LogP contribution in [-0.2, 0) is 5.75 Å². The van der Waals surface area contributed by atoms with Crippen LogP contribution in [0.4, 0.5) is 0 Å². The van der Waals surface area contributed by atoms with E-state index < -0.39 is 0 Å². The molecule has 0 saturated heterocycles. The minimum absolute atomic E-state index is 0.685. The molecule has 0 heterocycles. The van der Waals surface area contributed by atoms with Crippen molar-refractivity contribution in [2.45, 2.75) is 5.75 Å². The molecule has 0 spiro atoms. The lowest BCUT2D eigenvalue weighted by Crippen LogP contribution is -1.90. The Morgan fingerprint density at radius 1 is 1.54 bits per heavy atom. The van der Waals surface area contributed by atoms with Gasteiger partial charge in [0, 0.05) is 11.3 Å². The lowest BCUT2D eigenvalue weighted by molar-refractivity contribution is 0.411. The van der Waals surface area contributed by atoms with Crippen LogP contribution in [0.5, 0.6) is 5.75 Å². The first-order valence-electron chi connectivity index (χ1n) is 3.87. The van der Waals surface area contributed by atoms with E-state index in [-0.39, 0.29) is 0 Å². The third-order valence-electron chi connectivity index (χ3n) is 1.71. The summed E-state index contributed by atoms with van der Waals surface area (Å²) in [7, 11) is 1.64. The topological polar surface area (TPSA) is 33.0 Å². The number of nitrogens with zero attached hydrogens (tertiary/aromatic N) is 1. The maximum atomic E-state index is 8.70. The van der Waals surface area contributed by atoms with Gasteiger partial charge in [-0.25, -0.2) is 0 Å². The van der Waals surface area contributed by atoms with Crippen molar-refractivity contribution in [2.75, 3.05) is 13.4 Å². The van der Waals surface area contributed by atoms with Gasteiger partial charge in [-0.3, -0.25) is 0 Å². The Morgan fingerprint density at radius 3 is 2.85 bits per heavy atom. The van der Waals surface area contributed by atoms with Crippen LogP contribution < -0.4 is 4.74 Å².